The number of carboxylic acid groups (broad SMARTS) is 1. The van der Waals surface area contributed by atoms with Crippen LogP contribution in [0, 0.1) is 18.6 Å². The van der Waals surface area contributed by atoms with E-state index in [2.05, 4.69) is 25.3 Å². The highest BCUT2D eigenvalue weighted by Crippen LogP contribution is 2.36. The third-order valence-corrected chi connectivity index (χ3v) is 6.02. The Kier molecular flexibility index (Phi) is 6.59. The van der Waals surface area contributed by atoms with Crippen molar-refractivity contribution >= 4 is 34.3 Å². The van der Waals surface area contributed by atoms with Crippen molar-refractivity contribution in [2.24, 2.45) is 0 Å². The topological polar surface area (TPSA) is 121 Å². The maximum atomic E-state index is 15.0. The third-order valence-electron chi connectivity index (χ3n) is 5.56. The fourth-order valence-corrected chi connectivity index (χ4v) is 3.85. The summed E-state index contributed by atoms with van der Waals surface area (Å²) in [5, 5.41) is 22.6. The molecule has 4 rings (SSSR count). The van der Waals surface area contributed by atoms with Crippen LogP contribution in [-0.4, -0.2) is 36.1 Å². The predicted octanol–water partition coefficient (Wildman–Crippen LogP) is 5.43. The number of hydrogen-bond acceptors (Lipinski definition) is 7. The number of nitrogens with one attached hydrogen (secondary N) is 1. The number of nitrogens with zero attached hydrogens (tertiary/aromatic N) is 4. The molecule has 1 atom stereocenters. The molecule has 11 heteroatoms. The number of aromatic nitrogens is 4. The zero-order chi connectivity index (χ0) is 26.4. The fourth-order valence-electron chi connectivity index (χ4n) is 3.67. The van der Waals surface area contributed by atoms with Gasteiger partial charge in [-0.2, -0.15) is 0 Å². The van der Waals surface area contributed by atoms with Crippen LogP contribution in [0.1, 0.15) is 54.3 Å². The lowest BCUT2D eigenvalue weighted by Crippen LogP contribution is -2.19. The van der Waals surface area contributed by atoms with Gasteiger partial charge in [-0.15, -0.1) is 0 Å². The monoisotopic (exact) mass is 513 g/mol. The van der Waals surface area contributed by atoms with Crippen molar-refractivity contribution in [1.29, 1.82) is 0 Å². The molecule has 4 aromatic rings. The number of aromatic carboxylic acids is 1. The van der Waals surface area contributed by atoms with E-state index in [1.54, 1.807) is 13.8 Å². The Morgan fingerprint density at radius 2 is 1.78 bits per heavy atom. The molecule has 0 saturated carbocycles. The Balaban J connectivity index is 1.83. The molecule has 0 amide bonds. The van der Waals surface area contributed by atoms with Gasteiger partial charge in [0.05, 0.1) is 33.5 Å². The number of aryl methyl sites for hydroxylation is 1. The van der Waals surface area contributed by atoms with E-state index in [-0.39, 0.29) is 50.0 Å². The molecule has 0 spiro atoms. The Bertz CT molecular complexity index is 1490. The molecule has 0 radical (unpaired) electrons. The molecule has 186 valence electrons. The van der Waals surface area contributed by atoms with Crippen molar-refractivity contribution in [3.8, 4) is 11.3 Å². The number of halogens is 3. The number of rotatable bonds is 6. The first-order valence-electron chi connectivity index (χ1n) is 10.9. The maximum Gasteiger partial charge on any atom is 0.335 e. The second-order valence-electron chi connectivity index (χ2n) is 8.83. The molecule has 36 heavy (non-hydrogen) atoms. The summed E-state index contributed by atoms with van der Waals surface area (Å²) >= 11 is 6.54. The number of fused-ring (bicyclic) bond motifs is 1. The molecular weight excluding hydrogens is 492 g/mol. The van der Waals surface area contributed by atoms with Gasteiger partial charge in [0, 0.05) is 29.6 Å². The molecule has 0 fully saturated rings. The van der Waals surface area contributed by atoms with E-state index in [9.17, 15) is 19.4 Å². The standard InChI is InChI=1S/C25H22ClF2N5O3/c1-11(15-7-13(23(34)35)5-6-16(15)27)32-22-19(26)12(2)31-18-8-17(28)20(33-21(18)22)14-9-29-24(30-10-14)25(3,4)36/h5-11,36H,1-4H3,(H,31,32)(H,34,35)/t11-/m1/s1. The van der Waals surface area contributed by atoms with Gasteiger partial charge in [-0.1, -0.05) is 11.6 Å². The van der Waals surface area contributed by atoms with Crippen molar-refractivity contribution in [3.63, 3.8) is 0 Å². The van der Waals surface area contributed by atoms with Crippen LogP contribution in [0.15, 0.2) is 36.7 Å². The molecule has 0 bridgehead atoms. The second kappa shape index (κ2) is 9.36. The molecule has 0 aliphatic carbocycles. The van der Waals surface area contributed by atoms with E-state index in [0.29, 0.717) is 5.69 Å². The molecule has 3 N–H and O–H groups in total. The lowest BCUT2D eigenvalue weighted by Gasteiger charge is -2.20. The zero-order valence-corrected chi connectivity index (χ0v) is 20.5. The summed E-state index contributed by atoms with van der Waals surface area (Å²) in [6, 6.07) is 3.97. The average Bonchev–Trinajstić information content (AvgIpc) is 2.81. The van der Waals surface area contributed by atoms with Crippen molar-refractivity contribution < 1.29 is 23.8 Å². The first-order valence-corrected chi connectivity index (χ1v) is 11.3. The number of anilines is 1. The second-order valence-corrected chi connectivity index (χ2v) is 9.21. The number of aliphatic hydroxyl groups is 1. The molecule has 1 aromatic carbocycles. The predicted molar refractivity (Wildman–Crippen MR) is 131 cm³/mol. The lowest BCUT2D eigenvalue weighted by atomic mass is 10.0. The van der Waals surface area contributed by atoms with Gasteiger partial charge in [-0.3, -0.25) is 0 Å². The molecule has 8 nitrogen and oxygen atoms in total. The largest absolute Gasteiger partial charge is 0.478 e. The molecule has 0 aliphatic heterocycles. The summed E-state index contributed by atoms with van der Waals surface area (Å²) in [4.78, 5) is 28.3. The minimum atomic E-state index is -1.27. The minimum absolute atomic E-state index is 0.0683. The summed E-state index contributed by atoms with van der Waals surface area (Å²) in [6.45, 7) is 6.33. The zero-order valence-electron chi connectivity index (χ0n) is 19.8. The Hall–Kier alpha value is -3.76. The molecule has 0 saturated heterocycles. The highest BCUT2D eigenvalue weighted by molar-refractivity contribution is 6.35. The summed E-state index contributed by atoms with van der Waals surface area (Å²) in [5.74, 6) is -2.30. The van der Waals surface area contributed by atoms with Crippen molar-refractivity contribution in [3.05, 3.63) is 76.0 Å². The first kappa shape index (κ1) is 25.3. The first-order chi connectivity index (χ1) is 16.9. The number of hydrogen-bond donors (Lipinski definition) is 3. The van der Waals surface area contributed by atoms with E-state index in [1.807, 2.05) is 0 Å². The van der Waals surface area contributed by atoms with Gasteiger partial charge in [0.1, 0.15) is 22.6 Å². The normalized spacial score (nSPS) is 12.6. The van der Waals surface area contributed by atoms with Crippen molar-refractivity contribution in [2.45, 2.75) is 39.3 Å². The number of benzene rings is 1. The van der Waals surface area contributed by atoms with Crippen LogP contribution in [0.5, 0.6) is 0 Å². The van der Waals surface area contributed by atoms with E-state index in [0.717, 1.165) is 6.07 Å². The Labute approximate surface area is 210 Å². The van der Waals surface area contributed by atoms with Crippen LogP contribution < -0.4 is 5.32 Å². The SMILES string of the molecule is Cc1nc2cc(F)c(-c3cnc(C(C)(C)O)nc3)nc2c(N[C@H](C)c2cc(C(=O)O)ccc2F)c1Cl. The molecule has 3 heterocycles. The van der Waals surface area contributed by atoms with Gasteiger partial charge < -0.3 is 15.5 Å². The van der Waals surface area contributed by atoms with Crippen LogP contribution in [0.2, 0.25) is 5.02 Å². The summed E-state index contributed by atoms with van der Waals surface area (Å²) in [5.41, 5.74) is 0.0536. The van der Waals surface area contributed by atoms with Gasteiger partial charge in [-0.05, 0) is 45.9 Å². The van der Waals surface area contributed by atoms with Crippen molar-refractivity contribution in [1.82, 2.24) is 19.9 Å². The maximum absolute atomic E-state index is 15.0. The van der Waals surface area contributed by atoms with E-state index in [1.165, 1.54) is 44.4 Å². The summed E-state index contributed by atoms with van der Waals surface area (Å²) in [6.07, 6.45) is 2.70. The van der Waals surface area contributed by atoms with Crippen LogP contribution >= 0.6 is 11.6 Å². The van der Waals surface area contributed by atoms with Crippen molar-refractivity contribution in [2.75, 3.05) is 5.32 Å². The van der Waals surface area contributed by atoms with Crippen LogP contribution in [0.4, 0.5) is 14.5 Å². The van der Waals surface area contributed by atoms with Crippen LogP contribution in [0.3, 0.4) is 0 Å². The molecule has 0 unspecified atom stereocenters. The Morgan fingerprint density at radius 1 is 1.11 bits per heavy atom. The highest BCUT2D eigenvalue weighted by atomic mass is 35.5. The van der Waals surface area contributed by atoms with Gasteiger partial charge in [0.2, 0.25) is 0 Å². The van der Waals surface area contributed by atoms with Gasteiger partial charge in [0.15, 0.2) is 11.6 Å². The number of carbonyl (C=O) groups is 1. The lowest BCUT2D eigenvalue weighted by molar-refractivity contribution is 0.0683. The average molecular weight is 514 g/mol. The quantitative estimate of drug-likeness (QED) is 0.312. The van der Waals surface area contributed by atoms with Gasteiger partial charge in [0.25, 0.3) is 0 Å². The van der Waals surface area contributed by atoms with Gasteiger partial charge in [-0.25, -0.2) is 33.5 Å². The smallest absolute Gasteiger partial charge is 0.335 e. The molecule has 0 aliphatic rings. The van der Waals surface area contributed by atoms with E-state index < -0.39 is 29.2 Å². The number of pyridine rings is 2. The minimum Gasteiger partial charge on any atom is -0.478 e. The van der Waals surface area contributed by atoms with Crippen LogP contribution in [-0.2, 0) is 5.60 Å². The molecule has 3 aromatic heterocycles. The van der Waals surface area contributed by atoms with E-state index in [4.69, 9.17) is 11.6 Å². The fraction of sp³-hybridized carbons (Fsp3) is 0.240. The Morgan fingerprint density at radius 3 is 2.39 bits per heavy atom. The van der Waals surface area contributed by atoms with E-state index >= 15 is 4.39 Å². The van der Waals surface area contributed by atoms with Gasteiger partial charge >= 0.3 is 5.97 Å². The summed E-state index contributed by atoms with van der Waals surface area (Å²) in [7, 11) is 0. The molecular formula is C25H22ClF2N5O3. The number of carboxylic acids is 1. The third kappa shape index (κ3) is 4.82. The van der Waals surface area contributed by atoms with Crippen LogP contribution in [0.25, 0.3) is 22.3 Å². The highest BCUT2D eigenvalue weighted by Gasteiger charge is 2.23. The summed E-state index contributed by atoms with van der Waals surface area (Å²) < 4.78 is 29.6.